The summed E-state index contributed by atoms with van der Waals surface area (Å²) < 4.78 is 39.1. The van der Waals surface area contributed by atoms with Crippen LogP contribution in [0.15, 0.2) is 29.0 Å². The summed E-state index contributed by atoms with van der Waals surface area (Å²) in [5.74, 6) is 0.256. The molecule has 0 bridgehead atoms. The molecular formula is C23H28F2N5O2+. The number of benzene rings is 1. The Kier molecular flexibility index (Phi) is 7.04. The van der Waals surface area contributed by atoms with E-state index in [2.05, 4.69) is 27.0 Å². The predicted molar refractivity (Wildman–Crippen MR) is 114 cm³/mol. The normalized spacial score (nSPS) is 18.6. The maximum absolute atomic E-state index is 14.4. The number of aryl methyl sites for hydroxylation is 2. The molecule has 32 heavy (non-hydrogen) atoms. The number of nitrogens with zero attached hydrogens (tertiary/aromatic N) is 4. The lowest BCUT2D eigenvalue weighted by Gasteiger charge is -2.27. The molecule has 1 aromatic carbocycles. The molecule has 1 aliphatic rings. The second kappa shape index (κ2) is 10.1. The van der Waals surface area contributed by atoms with Crippen LogP contribution in [0.3, 0.4) is 0 Å². The highest BCUT2D eigenvalue weighted by molar-refractivity contribution is 5.57. The number of hydrogen-bond acceptors (Lipinski definition) is 6. The first kappa shape index (κ1) is 22.3. The van der Waals surface area contributed by atoms with E-state index in [0.29, 0.717) is 12.5 Å². The van der Waals surface area contributed by atoms with Gasteiger partial charge in [-0.25, -0.2) is 8.78 Å². The Hall–Kier alpha value is -2.94. The zero-order valence-electron chi connectivity index (χ0n) is 18.4. The quantitative estimate of drug-likeness (QED) is 0.536. The number of halogens is 2. The lowest BCUT2D eigenvalue weighted by atomic mass is 9.92. The van der Waals surface area contributed by atoms with Crippen molar-refractivity contribution >= 4 is 5.95 Å². The van der Waals surface area contributed by atoms with E-state index in [0.717, 1.165) is 68.8 Å². The monoisotopic (exact) mass is 444 g/mol. The average Bonchev–Trinajstić information content (AvgIpc) is 3.22. The van der Waals surface area contributed by atoms with Crippen LogP contribution in [-0.2, 0) is 6.42 Å². The van der Waals surface area contributed by atoms with Gasteiger partial charge in [-0.1, -0.05) is 12.1 Å². The molecule has 3 heterocycles. The molecule has 1 N–H and O–H groups in total. The molecule has 0 radical (unpaired) electrons. The zero-order valence-corrected chi connectivity index (χ0v) is 18.4. The fourth-order valence-corrected chi connectivity index (χ4v) is 4.07. The number of piperidine rings is 1. The summed E-state index contributed by atoms with van der Waals surface area (Å²) >= 11 is 0. The minimum absolute atomic E-state index is 0.107. The highest BCUT2D eigenvalue weighted by Gasteiger charge is 2.25. The minimum atomic E-state index is -0.773. The zero-order chi connectivity index (χ0) is 22.5. The first-order valence-corrected chi connectivity index (χ1v) is 11.1. The molecule has 7 nitrogen and oxygen atoms in total. The molecule has 1 aliphatic heterocycles. The number of aromatic nitrogens is 4. The number of hydrogen-bond donors (Lipinski definition) is 1. The summed E-state index contributed by atoms with van der Waals surface area (Å²) in [4.78, 5) is 14.2. The Bertz CT molecular complexity index is 1010. The molecule has 0 aliphatic carbocycles. The Morgan fingerprint density at radius 1 is 1.12 bits per heavy atom. The van der Waals surface area contributed by atoms with Crippen molar-refractivity contribution in [2.24, 2.45) is 5.92 Å². The molecule has 0 amide bonds. The molecule has 3 aromatic rings. The van der Waals surface area contributed by atoms with Crippen molar-refractivity contribution in [3.05, 3.63) is 47.6 Å². The molecule has 9 heteroatoms. The molecule has 0 atom stereocenters. The summed E-state index contributed by atoms with van der Waals surface area (Å²) in [6.07, 6.45) is 8.85. The van der Waals surface area contributed by atoms with Gasteiger partial charge in [-0.05, 0) is 30.7 Å². The molecule has 2 aromatic heterocycles. The van der Waals surface area contributed by atoms with E-state index >= 15 is 0 Å². The highest BCUT2D eigenvalue weighted by Crippen LogP contribution is 2.28. The molecule has 170 valence electrons. The Morgan fingerprint density at radius 2 is 1.81 bits per heavy atom. The minimum Gasteiger partial charge on any atom is -0.493 e. The van der Waals surface area contributed by atoms with Crippen LogP contribution in [0, 0.1) is 24.5 Å². The number of ether oxygens (including phenoxy) is 1. The van der Waals surface area contributed by atoms with E-state index < -0.39 is 11.6 Å². The van der Waals surface area contributed by atoms with Gasteiger partial charge in [-0.3, -0.25) is 4.90 Å². The van der Waals surface area contributed by atoms with Gasteiger partial charge in [0.05, 0.1) is 25.3 Å². The summed E-state index contributed by atoms with van der Waals surface area (Å²) in [5, 5.41) is 3.58. The van der Waals surface area contributed by atoms with Crippen molar-refractivity contribution in [3.8, 4) is 17.1 Å². The van der Waals surface area contributed by atoms with Gasteiger partial charge < -0.3 is 9.26 Å². The summed E-state index contributed by atoms with van der Waals surface area (Å²) in [5.41, 5.74) is 0.846. The van der Waals surface area contributed by atoms with Crippen molar-refractivity contribution in [2.75, 3.05) is 19.7 Å². The predicted octanol–water partition coefficient (Wildman–Crippen LogP) is 3.46. The largest absolute Gasteiger partial charge is 0.493 e. The van der Waals surface area contributed by atoms with Crippen LogP contribution < -0.4 is 9.64 Å². The van der Waals surface area contributed by atoms with Crippen LogP contribution in [0.25, 0.3) is 11.4 Å². The summed E-state index contributed by atoms with van der Waals surface area (Å²) in [7, 11) is 0. The topological polar surface area (TPSA) is 78.4 Å². The molecular weight excluding hydrogens is 416 g/mol. The van der Waals surface area contributed by atoms with Crippen molar-refractivity contribution in [1.29, 1.82) is 0 Å². The van der Waals surface area contributed by atoms with Crippen LogP contribution in [0.2, 0.25) is 0 Å². The standard InChI is InChI=1S/C23H27F2N5O2/c1-3-16-13-26-23(27-14-16)30-8-6-17(7-9-30)5-4-10-31-18-11-19(24)21(20(25)12-18)22-28-15(2)32-29-22/h11-14,17H,3-10H2,1-2H3/p+1. The van der Waals surface area contributed by atoms with Gasteiger partial charge in [-0.15, -0.1) is 0 Å². The van der Waals surface area contributed by atoms with Gasteiger partial charge in [0.1, 0.15) is 17.4 Å². The first-order chi connectivity index (χ1) is 15.5. The van der Waals surface area contributed by atoms with E-state index in [1.807, 2.05) is 12.4 Å². The SMILES string of the molecule is CCc1cnc([NH+]2CCC(CCCOc3cc(F)c(-c4noc(C)n4)c(F)c3)CC2)nc1. The first-order valence-electron chi connectivity index (χ1n) is 11.1. The number of rotatable bonds is 8. The lowest BCUT2D eigenvalue weighted by Crippen LogP contribution is -3.09. The third-order valence-electron chi connectivity index (χ3n) is 5.93. The smallest absolute Gasteiger partial charge is 0.327 e. The van der Waals surface area contributed by atoms with Gasteiger partial charge in [-0.2, -0.15) is 15.0 Å². The third-order valence-corrected chi connectivity index (χ3v) is 5.93. The maximum atomic E-state index is 14.4. The molecule has 1 fully saturated rings. The molecule has 0 unspecified atom stereocenters. The molecule has 0 saturated carbocycles. The van der Waals surface area contributed by atoms with E-state index in [9.17, 15) is 8.78 Å². The Balaban J connectivity index is 1.22. The number of nitrogens with one attached hydrogen (secondary N) is 1. The average molecular weight is 445 g/mol. The number of quaternary nitrogens is 1. The van der Waals surface area contributed by atoms with Gasteiger partial charge in [0.15, 0.2) is 0 Å². The van der Waals surface area contributed by atoms with Gasteiger partial charge in [0, 0.05) is 44.3 Å². The Labute approximate surface area is 185 Å². The van der Waals surface area contributed by atoms with Crippen molar-refractivity contribution in [3.63, 3.8) is 0 Å². The molecule has 4 rings (SSSR count). The fraction of sp³-hybridized carbons (Fsp3) is 0.478. The maximum Gasteiger partial charge on any atom is 0.327 e. The molecule has 0 spiro atoms. The van der Waals surface area contributed by atoms with Gasteiger partial charge >= 0.3 is 5.95 Å². The summed E-state index contributed by atoms with van der Waals surface area (Å²) in [6, 6.07) is 2.32. The van der Waals surface area contributed by atoms with Crippen LogP contribution in [0.4, 0.5) is 14.7 Å². The third kappa shape index (κ3) is 5.27. The van der Waals surface area contributed by atoms with Crippen molar-refractivity contribution < 1.29 is 22.9 Å². The van der Waals surface area contributed by atoms with E-state index in [4.69, 9.17) is 9.26 Å². The van der Waals surface area contributed by atoms with Crippen LogP contribution in [-0.4, -0.2) is 39.8 Å². The van der Waals surface area contributed by atoms with E-state index in [-0.39, 0.29) is 23.0 Å². The second-order valence-electron chi connectivity index (χ2n) is 8.21. The summed E-state index contributed by atoms with van der Waals surface area (Å²) in [6.45, 7) is 6.11. The highest BCUT2D eigenvalue weighted by atomic mass is 19.1. The molecule has 1 saturated heterocycles. The van der Waals surface area contributed by atoms with Crippen molar-refractivity contribution in [1.82, 2.24) is 20.1 Å². The van der Waals surface area contributed by atoms with E-state index in [1.54, 1.807) is 6.92 Å². The van der Waals surface area contributed by atoms with Crippen LogP contribution in [0.5, 0.6) is 5.75 Å². The van der Waals surface area contributed by atoms with Gasteiger partial charge in [0.2, 0.25) is 11.7 Å². The lowest BCUT2D eigenvalue weighted by molar-refractivity contribution is -0.845. The van der Waals surface area contributed by atoms with Gasteiger partial charge in [0.25, 0.3) is 0 Å². The van der Waals surface area contributed by atoms with Crippen LogP contribution >= 0.6 is 0 Å². The Morgan fingerprint density at radius 3 is 2.41 bits per heavy atom. The van der Waals surface area contributed by atoms with E-state index in [1.165, 1.54) is 4.90 Å². The fourth-order valence-electron chi connectivity index (χ4n) is 4.07. The van der Waals surface area contributed by atoms with Crippen molar-refractivity contribution in [2.45, 2.75) is 46.0 Å². The van der Waals surface area contributed by atoms with Crippen LogP contribution in [0.1, 0.15) is 44.1 Å². The second-order valence-corrected chi connectivity index (χ2v) is 8.21.